The van der Waals surface area contributed by atoms with Crippen molar-refractivity contribution in [3.63, 3.8) is 0 Å². The summed E-state index contributed by atoms with van der Waals surface area (Å²) in [5.74, 6) is 0. The summed E-state index contributed by atoms with van der Waals surface area (Å²) in [6.45, 7) is 2.54. The normalized spacial score (nSPS) is 28.8. The van der Waals surface area contributed by atoms with E-state index in [9.17, 15) is 0 Å². The van der Waals surface area contributed by atoms with Gasteiger partial charge in [0.2, 0.25) is 0 Å². The van der Waals surface area contributed by atoms with Crippen molar-refractivity contribution in [1.29, 1.82) is 0 Å². The van der Waals surface area contributed by atoms with Gasteiger partial charge in [-0.05, 0) is 52.2 Å². The van der Waals surface area contributed by atoms with Crippen LogP contribution in [0.5, 0.6) is 0 Å². The lowest BCUT2D eigenvalue weighted by atomic mass is 9.94. The highest BCUT2D eigenvalue weighted by molar-refractivity contribution is 4.78. The zero-order valence-electron chi connectivity index (χ0n) is 10.2. The first kappa shape index (κ1) is 11.4. The van der Waals surface area contributed by atoms with Gasteiger partial charge in [0.25, 0.3) is 0 Å². The topological polar surface area (TPSA) is 15.3 Å². The molecule has 1 aliphatic heterocycles. The molecule has 1 unspecified atom stereocenters. The Bertz CT molecular complexity index is 169. The molecule has 2 aliphatic rings. The van der Waals surface area contributed by atoms with Crippen molar-refractivity contribution in [1.82, 2.24) is 10.2 Å². The fraction of sp³-hybridized carbons (Fsp3) is 1.00. The van der Waals surface area contributed by atoms with Crippen LogP contribution in [-0.2, 0) is 0 Å². The molecule has 1 atom stereocenters. The van der Waals surface area contributed by atoms with Crippen LogP contribution in [0.4, 0.5) is 0 Å². The van der Waals surface area contributed by atoms with Gasteiger partial charge in [-0.2, -0.15) is 0 Å². The molecule has 1 N–H and O–H groups in total. The van der Waals surface area contributed by atoms with E-state index < -0.39 is 0 Å². The maximum absolute atomic E-state index is 3.59. The number of rotatable bonds is 4. The average Bonchev–Trinajstić information content (AvgIpc) is 2.80. The van der Waals surface area contributed by atoms with Crippen molar-refractivity contribution in [3.05, 3.63) is 0 Å². The maximum atomic E-state index is 3.59. The van der Waals surface area contributed by atoms with Crippen LogP contribution >= 0.6 is 0 Å². The summed E-state index contributed by atoms with van der Waals surface area (Å²) in [4.78, 5) is 2.61. The Hall–Kier alpha value is -0.0800. The third-order valence-electron chi connectivity index (χ3n) is 4.19. The van der Waals surface area contributed by atoms with Crippen molar-refractivity contribution >= 4 is 0 Å². The lowest BCUT2D eigenvalue weighted by molar-refractivity contribution is 0.185. The van der Waals surface area contributed by atoms with Gasteiger partial charge in [0.05, 0.1) is 0 Å². The van der Waals surface area contributed by atoms with E-state index in [0.29, 0.717) is 0 Å². The van der Waals surface area contributed by atoms with Crippen molar-refractivity contribution in [3.8, 4) is 0 Å². The second kappa shape index (κ2) is 5.86. The molecule has 0 bridgehead atoms. The Kier molecular flexibility index (Phi) is 4.45. The van der Waals surface area contributed by atoms with Gasteiger partial charge in [-0.3, -0.25) is 0 Å². The number of hydrogen-bond donors (Lipinski definition) is 1. The van der Waals surface area contributed by atoms with Gasteiger partial charge < -0.3 is 10.2 Å². The fourth-order valence-corrected chi connectivity index (χ4v) is 3.07. The van der Waals surface area contributed by atoms with Crippen LogP contribution < -0.4 is 5.32 Å². The lowest BCUT2D eigenvalue weighted by Gasteiger charge is -2.31. The summed E-state index contributed by atoms with van der Waals surface area (Å²) < 4.78 is 0. The monoisotopic (exact) mass is 210 g/mol. The van der Waals surface area contributed by atoms with Gasteiger partial charge in [-0.1, -0.05) is 19.3 Å². The van der Waals surface area contributed by atoms with Gasteiger partial charge in [0.15, 0.2) is 0 Å². The molecule has 2 nitrogen and oxygen atoms in total. The molecule has 1 heterocycles. The number of nitrogens with zero attached hydrogens (tertiary/aromatic N) is 1. The maximum Gasteiger partial charge on any atom is 0.00922 e. The number of nitrogens with one attached hydrogen (secondary N) is 1. The van der Waals surface area contributed by atoms with Crippen molar-refractivity contribution in [2.75, 3.05) is 20.1 Å². The summed E-state index contributed by atoms with van der Waals surface area (Å²) in [6, 6.07) is 1.70. The molecule has 0 aromatic rings. The van der Waals surface area contributed by atoms with Gasteiger partial charge in [-0.25, -0.2) is 0 Å². The second-order valence-electron chi connectivity index (χ2n) is 5.35. The molecule has 1 saturated heterocycles. The predicted octanol–water partition coefficient (Wildman–Crippen LogP) is 2.39. The minimum atomic E-state index is 0.816. The van der Waals surface area contributed by atoms with E-state index >= 15 is 0 Å². The molecule has 2 rings (SSSR count). The molecule has 0 amide bonds. The summed E-state index contributed by atoms with van der Waals surface area (Å²) in [5, 5.41) is 3.59. The third-order valence-corrected chi connectivity index (χ3v) is 4.19. The van der Waals surface area contributed by atoms with Gasteiger partial charge in [0.1, 0.15) is 0 Å². The average molecular weight is 210 g/mol. The van der Waals surface area contributed by atoms with E-state index in [-0.39, 0.29) is 0 Å². The number of hydrogen-bond acceptors (Lipinski definition) is 2. The molecule has 0 spiro atoms. The van der Waals surface area contributed by atoms with E-state index in [0.717, 1.165) is 12.1 Å². The first-order valence-electron chi connectivity index (χ1n) is 6.80. The van der Waals surface area contributed by atoms with E-state index in [1.165, 1.54) is 64.5 Å². The lowest BCUT2D eigenvalue weighted by Crippen LogP contribution is -2.36. The Labute approximate surface area is 94.4 Å². The van der Waals surface area contributed by atoms with E-state index in [4.69, 9.17) is 0 Å². The van der Waals surface area contributed by atoms with Crippen LogP contribution in [-0.4, -0.2) is 37.1 Å². The molecular formula is C13H26N2. The third kappa shape index (κ3) is 3.46. The van der Waals surface area contributed by atoms with Gasteiger partial charge in [-0.15, -0.1) is 0 Å². The highest BCUT2D eigenvalue weighted by Gasteiger charge is 2.19. The molecule has 0 aromatic heterocycles. The summed E-state index contributed by atoms with van der Waals surface area (Å²) in [5.41, 5.74) is 0. The molecule has 88 valence electrons. The highest BCUT2D eigenvalue weighted by Crippen LogP contribution is 2.22. The van der Waals surface area contributed by atoms with E-state index in [1.54, 1.807) is 0 Å². The minimum Gasteiger partial charge on any atom is -0.314 e. The van der Waals surface area contributed by atoms with Crippen molar-refractivity contribution < 1.29 is 0 Å². The zero-order valence-corrected chi connectivity index (χ0v) is 10.2. The molecule has 2 fully saturated rings. The molecule has 1 aliphatic carbocycles. The Balaban J connectivity index is 1.64. The van der Waals surface area contributed by atoms with Gasteiger partial charge in [0, 0.05) is 12.1 Å². The van der Waals surface area contributed by atoms with Crippen molar-refractivity contribution in [2.24, 2.45) is 0 Å². The zero-order chi connectivity index (χ0) is 10.5. The van der Waals surface area contributed by atoms with E-state index in [2.05, 4.69) is 17.3 Å². The highest BCUT2D eigenvalue weighted by atomic mass is 15.1. The van der Waals surface area contributed by atoms with Crippen LogP contribution in [0.15, 0.2) is 0 Å². The summed E-state index contributed by atoms with van der Waals surface area (Å²) in [7, 11) is 2.32. The molecule has 1 saturated carbocycles. The predicted molar refractivity (Wildman–Crippen MR) is 65.1 cm³/mol. The quantitative estimate of drug-likeness (QED) is 0.766. The van der Waals surface area contributed by atoms with Crippen molar-refractivity contribution in [2.45, 2.75) is 63.5 Å². The standard InChI is InChI=1S/C13H26N2/c1-15(13-7-3-2-4-8-13)11-9-12-6-5-10-14-12/h12-14H,2-11H2,1H3. The van der Waals surface area contributed by atoms with Crippen LogP contribution in [0, 0.1) is 0 Å². The Morgan fingerprint density at radius 2 is 1.87 bits per heavy atom. The molecular weight excluding hydrogens is 184 g/mol. The summed E-state index contributed by atoms with van der Waals surface area (Å²) >= 11 is 0. The van der Waals surface area contributed by atoms with Crippen LogP contribution in [0.25, 0.3) is 0 Å². The van der Waals surface area contributed by atoms with Crippen LogP contribution in [0.3, 0.4) is 0 Å². The Morgan fingerprint density at radius 3 is 2.53 bits per heavy atom. The van der Waals surface area contributed by atoms with Crippen LogP contribution in [0.1, 0.15) is 51.4 Å². The molecule has 0 aromatic carbocycles. The fourth-order valence-electron chi connectivity index (χ4n) is 3.07. The Morgan fingerprint density at radius 1 is 1.07 bits per heavy atom. The SMILES string of the molecule is CN(CCC1CCCN1)C1CCCCC1. The summed E-state index contributed by atoms with van der Waals surface area (Å²) in [6.07, 6.45) is 11.4. The molecule has 15 heavy (non-hydrogen) atoms. The van der Waals surface area contributed by atoms with Gasteiger partial charge >= 0.3 is 0 Å². The van der Waals surface area contributed by atoms with Crippen LogP contribution in [0.2, 0.25) is 0 Å². The largest absolute Gasteiger partial charge is 0.314 e. The molecule has 2 heteroatoms. The minimum absolute atomic E-state index is 0.816. The smallest absolute Gasteiger partial charge is 0.00922 e. The first-order chi connectivity index (χ1) is 7.36. The first-order valence-corrected chi connectivity index (χ1v) is 6.80. The van der Waals surface area contributed by atoms with E-state index in [1.807, 2.05) is 0 Å². The second-order valence-corrected chi connectivity index (χ2v) is 5.35. The molecule has 0 radical (unpaired) electrons.